The van der Waals surface area contributed by atoms with Crippen LogP contribution in [0.2, 0.25) is 0 Å². The van der Waals surface area contributed by atoms with Crippen molar-refractivity contribution in [2.24, 2.45) is 17.8 Å². The summed E-state index contributed by atoms with van der Waals surface area (Å²) in [6.07, 6.45) is 5.57. The molecule has 0 amide bonds. The van der Waals surface area contributed by atoms with Crippen molar-refractivity contribution < 1.29 is 9.90 Å². The molecule has 2 heteroatoms. The van der Waals surface area contributed by atoms with Crippen LogP contribution < -0.4 is 0 Å². The van der Waals surface area contributed by atoms with Crippen LogP contribution in [-0.2, 0) is 4.79 Å². The van der Waals surface area contributed by atoms with Crippen LogP contribution in [0.5, 0.6) is 0 Å². The number of hydrogen-bond donors (Lipinski definition) is 1. The van der Waals surface area contributed by atoms with Crippen LogP contribution in [0.15, 0.2) is 0 Å². The van der Waals surface area contributed by atoms with E-state index in [4.69, 9.17) is 5.11 Å². The molecule has 2 nitrogen and oxygen atoms in total. The first-order valence-electron chi connectivity index (χ1n) is 6.25. The van der Waals surface area contributed by atoms with Crippen LogP contribution in [0.4, 0.5) is 0 Å². The van der Waals surface area contributed by atoms with E-state index in [0.717, 1.165) is 12.8 Å². The Bertz CT molecular complexity index is 175. The summed E-state index contributed by atoms with van der Waals surface area (Å²) in [5.41, 5.74) is 0. The third kappa shape index (κ3) is 5.81. The highest BCUT2D eigenvalue weighted by atomic mass is 16.4. The number of hydrogen-bond acceptors (Lipinski definition) is 1. The highest BCUT2D eigenvalue weighted by molar-refractivity contribution is 5.70. The maximum atomic E-state index is 11.1. The zero-order chi connectivity index (χ0) is 11.8. The van der Waals surface area contributed by atoms with Crippen LogP contribution in [-0.4, -0.2) is 11.1 Å². The number of carboxylic acids is 1. The summed E-state index contributed by atoms with van der Waals surface area (Å²) in [6.45, 7) is 8.36. The summed E-state index contributed by atoms with van der Waals surface area (Å²) in [6, 6.07) is 0. The van der Waals surface area contributed by atoms with Crippen LogP contribution in [0.25, 0.3) is 0 Å². The van der Waals surface area contributed by atoms with E-state index in [2.05, 4.69) is 13.8 Å². The molecule has 0 aromatic heterocycles. The second-order valence-electron chi connectivity index (χ2n) is 4.84. The average Bonchev–Trinajstić information content (AvgIpc) is 2.17. The van der Waals surface area contributed by atoms with Crippen LogP contribution in [0, 0.1) is 17.8 Å². The molecule has 2 unspecified atom stereocenters. The third-order valence-corrected chi connectivity index (χ3v) is 3.25. The zero-order valence-corrected chi connectivity index (χ0v) is 10.6. The lowest BCUT2D eigenvalue weighted by Gasteiger charge is -2.22. The van der Waals surface area contributed by atoms with Gasteiger partial charge in [-0.25, -0.2) is 0 Å². The number of unbranched alkanes of at least 4 members (excludes halogenated alkanes) is 1. The normalized spacial score (nSPS) is 15.3. The molecular weight excluding hydrogens is 188 g/mol. The molecule has 0 aromatic rings. The van der Waals surface area contributed by atoms with Gasteiger partial charge in [0.15, 0.2) is 0 Å². The van der Waals surface area contributed by atoms with Gasteiger partial charge in [-0.3, -0.25) is 4.79 Å². The third-order valence-electron chi connectivity index (χ3n) is 3.25. The van der Waals surface area contributed by atoms with E-state index >= 15 is 0 Å². The van der Waals surface area contributed by atoms with Gasteiger partial charge in [0.1, 0.15) is 0 Å². The smallest absolute Gasteiger partial charge is 0.306 e. The predicted molar refractivity (Wildman–Crippen MR) is 63.9 cm³/mol. The Morgan fingerprint density at radius 2 is 1.87 bits per heavy atom. The van der Waals surface area contributed by atoms with E-state index in [0.29, 0.717) is 5.92 Å². The fourth-order valence-corrected chi connectivity index (χ4v) is 2.00. The van der Waals surface area contributed by atoms with Gasteiger partial charge in [-0.2, -0.15) is 0 Å². The Hall–Kier alpha value is -0.530. The second-order valence-corrected chi connectivity index (χ2v) is 4.84. The molecule has 0 saturated carbocycles. The van der Waals surface area contributed by atoms with Crippen molar-refractivity contribution >= 4 is 5.97 Å². The molecule has 0 aliphatic carbocycles. The number of aliphatic carboxylic acids is 1. The topological polar surface area (TPSA) is 37.3 Å². The van der Waals surface area contributed by atoms with E-state index in [1.54, 1.807) is 0 Å². The van der Waals surface area contributed by atoms with Crippen LogP contribution in [0.3, 0.4) is 0 Å². The van der Waals surface area contributed by atoms with Gasteiger partial charge in [0.25, 0.3) is 0 Å². The minimum atomic E-state index is -0.625. The first kappa shape index (κ1) is 14.5. The molecule has 0 aliphatic rings. The number of carboxylic acid groups (broad SMARTS) is 1. The summed E-state index contributed by atoms with van der Waals surface area (Å²) < 4.78 is 0. The number of rotatable bonds is 8. The molecular formula is C13H26O2. The Morgan fingerprint density at radius 3 is 2.20 bits per heavy atom. The van der Waals surface area contributed by atoms with Crippen LogP contribution in [0.1, 0.15) is 59.8 Å². The molecule has 0 spiro atoms. The van der Waals surface area contributed by atoms with Crippen molar-refractivity contribution in [2.45, 2.75) is 59.8 Å². The molecule has 90 valence electrons. The van der Waals surface area contributed by atoms with Gasteiger partial charge in [0.05, 0.1) is 5.92 Å². The first-order chi connectivity index (χ1) is 7.02. The van der Waals surface area contributed by atoms with Gasteiger partial charge < -0.3 is 5.11 Å². The predicted octanol–water partition coefficient (Wildman–Crippen LogP) is 3.95. The minimum absolute atomic E-state index is 0.160. The van der Waals surface area contributed by atoms with Gasteiger partial charge in [-0.05, 0) is 18.3 Å². The van der Waals surface area contributed by atoms with E-state index in [1.807, 2.05) is 13.8 Å². The molecule has 0 bridgehead atoms. The quantitative estimate of drug-likeness (QED) is 0.664. The fraction of sp³-hybridized carbons (Fsp3) is 0.923. The van der Waals surface area contributed by atoms with Crippen molar-refractivity contribution in [2.75, 3.05) is 0 Å². The van der Waals surface area contributed by atoms with Crippen molar-refractivity contribution in [3.05, 3.63) is 0 Å². The molecule has 0 aliphatic heterocycles. The van der Waals surface area contributed by atoms with Gasteiger partial charge in [0, 0.05) is 0 Å². The molecule has 0 radical (unpaired) electrons. The van der Waals surface area contributed by atoms with Gasteiger partial charge >= 0.3 is 5.97 Å². The second kappa shape index (κ2) is 7.72. The first-order valence-corrected chi connectivity index (χ1v) is 6.25. The molecule has 0 fully saturated rings. The lowest BCUT2D eigenvalue weighted by Crippen LogP contribution is -2.22. The maximum Gasteiger partial charge on any atom is 0.306 e. The molecule has 2 atom stereocenters. The van der Waals surface area contributed by atoms with Crippen molar-refractivity contribution in [1.82, 2.24) is 0 Å². The summed E-state index contributed by atoms with van der Waals surface area (Å²) in [4.78, 5) is 11.1. The van der Waals surface area contributed by atoms with E-state index in [1.165, 1.54) is 19.3 Å². The largest absolute Gasteiger partial charge is 0.481 e. The fourth-order valence-electron chi connectivity index (χ4n) is 2.00. The highest BCUT2D eigenvalue weighted by Gasteiger charge is 2.24. The average molecular weight is 214 g/mol. The van der Waals surface area contributed by atoms with E-state index in [-0.39, 0.29) is 11.8 Å². The Labute approximate surface area is 94.1 Å². The Balaban J connectivity index is 4.16. The number of carbonyl (C=O) groups is 1. The lowest BCUT2D eigenvalue weighted by molar-refractivity contribution is -0.144. The van der Waals surface area contributed by atoms with Crippen molar-refractivity contribution in [1.29, 1.82) is 0 Å². The van der Waals surface area contributed by atoms with Gasteiger partial charge in [0.2, 0.25) is 0 Å². The van der Waals surface area contributed by atoms with E-state index < -0.39 is 5.97 Å². The zero-order valence-electron chi connectivity index (χ0n) is 10.6. The summed E-state index contributed by atoms with van der Waals surface area (Å²) >= 11 is 0. The SMILES string of the molecule is CCCCC(CC)CC(C(=O)O)C(C)C. The molecule has 15 heavy (non-hydrogen) atoms. The van der Waals surface area contributed by atoms with Crippen LogP contribution >= 0.6 is 0 Å². The lowest BCUT2D eigenvalue weighted by atomic mass is 9.83. The minimum Gasteiger partial charge on any atom is -0.481 e. The highest BCUT2D eigenvalue weighted by Crippen LogP contribution is 2.26. The van der Waals surface area contributed by atoms with E-state index in [9.17, 15) is 4.79 Å². The summed E-state index contributed by atoms with van der Waals surface area (Å²) in [5.74, 6) is 0.0541. The standard InChI is InChI=1S/C13H26O2/c1-5-7-8-11(6-2)9-12(10(3)4)13(14)15/h10-12H,5-9H2,1-4H3,(H,14,15). The molecule has 0 saturated heterocycles. The Kier molecular flexibility index (Phi) is 7.45. The van der Waals surface area contributed by atoms with Gasteiger partial charge in [-0.1, -0.05) is 53.4 Å². The molecule has 0 aromatic carbocycles. The van der Waals surface area contributed by atoms with Crippen molar-refractivity contribution in [3.63, 3.8) is 0 Å². The Morgan fingerprint density at radius 1 is 1.27 bits per heavy atom. The van der Waals surface area contributed by atoms with Gasteiger partial charge in [-0.15, -0.1) is 0 Å². The molecule has 1 N–H and O–H groups in total. The monoisotopic (exact) mass is 214 g/mol. The molecule has 0 heterocycles. The van der Waals surface area contributed by atoms with Crippen molar-refractivity contribution in [3.8, 4) is 0 Å². The summed E-state index contributed by atoms with van der Waals surface area (Å²) in [7, 11) is 0. The maximum absolute atomic E-state index is 11.1. The summed E-state index contributed by atoms with van der Waals surface area (Å²) in [5, 5.41) is 9.11. The molecule has 0 rings (SSSR count).